The van der Waals surface area contributed by atoms with E-state index in [2.05, 4.69) is 15.5 Å². The van der Waals surface area contributed by atoms with Crippen LogP contribution in [0.1, 0.15) is 17.3 Å². The van der Waals surface area contributed by atoms with Gasteiger partial charge in [0.05, 0.1) is 19.2 Å². The maximum atomic E-state index is 12.2. The number of ether oxygens (including phenoxy) is 2. The molecule has 2 aromatic carbocycles. The number of nitrogens with zero attached hydrogens (tertiary/aromatic N) is 2. The number of rotatable bonds is 8. The highest BCUT2D eigenvalue weighted by Gasteiger charge is 2.13. The highest BCUT2D eigenvalue weighted by atomic mass is 35.5. The lowest BCUT2D eigenvalue weighted by Crippen LogP contribution is -2.15. The number of carbonyl (C=O) groups excluding carboxylic acids is 2. The van der Waals surface area contributed by atoms with Gasteiger partial charge in [0.1, 0.15) is 5.75 Å². The van der Waals surface area contributed by atoms with Gasteiger partial charge in [0.15, 0.2) is 12.4 Å². The number of para-hydroxylation sites is 2. The number of amides is 1. The van der Waals surface area contributed by atoms with Gasteiger partial charge in [-0.25, -0.2) is 4.79 Å². The monoisotopic (exact) mass is 427 g/mol. The van der Waals surface area contributed by atoms with Gasteiger partial charge in [-0.2, -0.15) is 4.98 Å². The number of halogens is 1. The first-order valence-corrected chi connectivity index (χ1v) is 9.26. The van der Waals surface area contributed by atoms with Crippen molar-refractivity contribution in [2.45, 2.75) is 13.0 Å². The van der Waals surface area contributed by atoms with Crippen LogP contribution in [0.25, 0.3) is 6.08 Å². The minimum absolute atomic E-state index is 0.0864. The second kappa shape index (κ2) is 10.2. The summed E-state index contributed by atoms with van der Waals surface area (Å²) in [5.41, 5.74) is 1.34. The molecule has 3 rings (SSSR count). The minimum atomic E-state index is -0.571. The molecule has 0 spiro atoms. The number of methoxy groups -OCH3 is 1. The summed E-state index contributed by atoms with van der Waals surface area (Å²) in [4.78, 5) is 28.0. The van der Waals surface area contributed by atoms with Crippen molar-refractivity contribution in [2.24, 2.45) is 0 Å². The summed E-state index contributed by atoms with van der Waals surface area (Å²) in [6.45, 7) is -0.203. The zero-order valence-corrected chi connectivity index (χ0v) is 16.8. The van der Waals surface area contributed by atoms with Crippen LogP contribution in [0.3, 0.4) is 0 Å². The Balaban J connectivity index is 1.48. The molecular weight excluding hydrogens is 410 g/mol. The van der Waals surface area contributed by atoms with E-state index in [1.165, 1.54) is 13.2 Å². The van der Waals surface area contributed by atoms with Crippen LogP contribution in [0.2, 0.25) is 5.02 Å². The number of hydrogen-bond acceptors (Lipinski definition) is 7. The summed E-state index contributed by atoms with van der Waals surface area (Å²) < 4.78 is 15.2. The van der Waals surface area contributed by atoms with Gasteiger partial charge in [-0.3, -0.25) is 4.79 Å². The van der Waals surface area contributed by atoms with Gasteiger partial charge < -0.3 is 19.3 Å². The standard InChI is InChI=1S/C21H18ClN3O5/c1-28-17-5-3-2-4-16(17)23-19(26)12-18-24-20(30-25-18)13-29-21(27)11-8-14-6-9-15(22)10-7-14/h2-11H,12-13H2,1H3,(H,23,26). The Labute approximate surface area is 177 Å². The van der Waals surface area contributed by atoms with Gasteiger partial charge in [-0.1, -0.05) is 41.0 Å². The highest BCUT2D eigenvalue weighted by Crippen LogP contribution is 2.23. The fraction of sp³-hybridized carbons (Fsp3) is 0.143. The molecule has 0 unspecified atom stereocenters. The number of benzene rings is 2. The van der Waals surface area contributed by atoms with E-state index in [4.69, 9.17) is 25.6 Å². The van der Waals surface area contributed by atoms with E-state index in [-0.39, 0.29) is 30.7 Å². The van der Waals surface area contributed by atoms with E-state index in [0.29, 0.717) is 16.5 Å². The Kier molecular flexibility index (Phi) is 7.18. The van der Waals surface area contributed by atoms with Gasteiger partial charge in [-0.05, 0) is 35.9 Å². The summed E-state index contributed by atoms with van der Waals surface area (Å²) in [6.07, 6.45) is 2.77. The Morgan fingerprint density at radius 3 is 2.70 bits per heavy atom. The Hall–Kier alpha value is -3.65. The average Bonchev–Trinajstić information content (AvgIpc) is 3.19. The molecule has 0 aliphatic carbocycles. The molecule has 154 valence electrons. The minimum Gasteiger partial charge on any atom is -0.495 e. The van der Waals surface area contributed by atoms with Gasteiger partial charge in [-0.15, -0.1) is 0 Å². The van der Waals surface area contributed by atoms with Crippen LogP contribution in [0, 0.1) is 0 Å². The second-order valence-electron chi connectivity index (χ2n) is 6.02. The number of nitrogens with one attached hydrogen (secondary N) is 1. The predicted octanol–water partition coefficient (Wildman–Crippen LogP) is 3.67. The largest absolute Gasteiger partial charge is 0.495 e. The van der Waals surface area contributed by atoms with Gasteiger partial charge in [0.25, 0.3) is 5.89 Å². The van der Waals surface area contributed by atoms with Crippen LogP contribution in [-0.4, -0.2) is 29.1 Å². The van der Waals surface area contributed by atoms with E-state index in [0.717, 1.165) is 5.56 Å². The Morgan fingerprint density at radius 2 is 1.93 bits per heavy atom. The summed E-state index contributed by atoms with van der Waals surface area (Å²) in [6, 6.07) is 14.0. The zero-order chi connectivity index (χ0) is 21.3. The smallest absolute Gasteiger partial charge is 0.331 e. The van der Waals surface area contributed by atoms with Crippen LogP contribution in [0.15, 0.2) is 59.1 Å². The van der Waals surface area contributed by atoms with Crippen molar-refractivity contribution in [3.05, 3.63) is 76.9 Å². The molecule has 9 heteroatoms. The van der Waals surface area contributed by atoms with E-state index < -0.39 is 5.97 Å². The van der Waals surface area contributed by atoms with Crippen molar-refractivity contribution in [3.63, 3.8) is 0 Å². The molecule has 30 heavy (non-hydrogen) atoms. The first-order valence-electron chi connectivity index (χ1n) is 8.88. The van der Waals surface area contributed by atoms with Crippen LogP contribution in [0.4, 0.5) is 5.69 Å². The molecule has 1 heterocycles. The third-order valence-corrected chi connectivity index (χ3v) is 4.08. The molecule has 1 N–H and O–H groups in total. The van der Waals surface area contributed by atoms with Crippen molar-refractivity contribution in [1.82, 2.24) is 10.1 Å². The quantitative estimate of drug-likeness (QED) is 0.432. The maximum absolute atomic E-state index is 12.2. The molecule has 0 bridgehead atoms. The van der Waals surface area contributed by atoms with E-state index in [1.54, 1.807) is 54.6 Å². The molecule has 0 aliphatic heterocycles. The van der Waals surface area contributed by atoms with Crippen LogP contribution in [0.5, 0.6) is 5.75 Å². The van der Waals surface area contributed by atoms with Crippen molar-refractivity contribution in [2.75, 3.05) is 12.4 Å². The number of carbonyl (C=O) groups is 2. The summed E-state index contributed by atoms with van der Waals surface area (Å²) in [5.74, 6) is -0.111. The molecule has 1 amide bonds. The van der Waals surface area contributed by atoms with E-state index in [9.17, 15) is 9.59 Å². The topological polar surface area (TPSA) is 104 Å². The highest BCUT2D eigenvalue weighted by molar-refractivity contribution is 6.30. The van der Waals surface area contributed by atoms with Crippen LogP contribution in [-0.2, 0) is 27.4 Å². The summed E-state index contributed by atoms with van der Waals surface area (Å²) >= 11 is 5.81. The van der Waals surface area contributed by atoms with Gasteiger partial charge in [0.2, 0.25) is 5.91 Å². The van der Waals surface area contributed by atoms with Gasteiger partial charge >= 0.3 is 5.97 Å². The maximum Gasteiger partial charge on any atom is 0.331 e. The lowest BCUT2D eigenvalue weighted by atomic mass is 10.2. The number of aromatic nitrogens is 2. The van der Waals surface area contributed by atoms with Gasteiger partial charge in [0, 0.05) is 11.1 Å². The second-order valence-corrected chi connectivity index (χ2v) is 6.46. The number of hydrogen-bond donors (Lipinski definition) is 1. The predicted molar refractivity (Wildman–Crippen MR) is 110 cm³/mol. The molecule has 0 atom stereocenters. The summed E-state index contributed by atoms with van der Waals surface area (Å²) in [7, 11) is 1.52. The fourth-order valence-electron chi connectivity index (χ4n) is 2.43. The zero-order valence-electron chi connectivity index (χ0n) is 16.0. The van der Waals surface area contributed by atoms with Crippen LogP contribution >= 0.6 is 11.6 Å². The Morgan fingerprint density at radius 1 is 1.17 bits per heavy atom. The molecule has 0 radical (unpaired) electrons. The molecule has 1 aromatic heterocycles. The SMILES string of the molecule is COc1ccccc1NC(=O)Cc1noc(COC(=O)C=Cc2ccc(Cl)cc2)n1. The molecule has 0 fully saturated rings. The number of esters is 1. The first kappa shape index (κ1) is 21.1. The van der Waals surface area contributed by atoms with Crippen molar-refractivity contribution < 1.29 is 23.6 Å². The molecule has 8 nitrogen and oxygen atoms in total. The van der Waals surface area contributed by atoms with Crippen LogP contribution < -0.4 is 10.1 Å². The lowest BCUT2D eigenvalue weighted by molar-refractivity contribution is -0.139. The third kappa shape index (κ3) is 6.18. The molecule has 0 saturated carbocycles. The van der Waals surface area contributed by atoms with E-state index >= 15 is 0 Å². The normalized spacial score (nSPS) is 10.7. The third-order valence-electron chi connectivity index (χ3n) is 3.83. The van der Waals surface area contributed by atoms with E-state index in [1.807, 2.05) is 0 Å². The van der Waals surface area contributed by atoms with Crippen molar-refractivity contribution >= 4 is 35.2 Å². The lowest BCUT2D eigenvalue weighted by Gasteiger charge is -2.08. The fourth-order valence-corrected chi connectivity index (χ4v) is 2.55. The Bertz CT molecular complexity index is 1050. The average molecular weight is 428 g/mol. The molecule has 0 saturated heterocycles. The van der Waals surface area contributed by atoms with Crippen molar-refractivity contribution in [1.29, 1.82) is 0 Å². The summed E-state index contributed by atoms with van der Waals surface area (Å²) in [5, 5.41) is 7.05. The molecule has 3 aromatic rings. The first-order chi connectivity index (χ1) is 14.5. The van der Waals surface area contributed by atoms with Crippen molar-refractivity contribution in [3.8, 4) is 5.75 Å². The molecular formula is C21H18ClN3O5. The number of anilines is 1. The molecule has 0 aliphatic rings.